The maximum Gasteiger partial charge on any atom is 0.276 e. The van der Waals surface area contributed by atoms with E-state index in [9.17, 15) is 17.8 Å². The number of aromatic nitrogens is 5. The van der Waals surface area contributed by atoms with E-state index in [2.05, 4.69) is 30.7 Å². The second kappa shape index (κ2) is 10.1. The van der Waals surface area contributed by atoms with Crippen molar-refractivity contribution in [3.63, 3.8) is 0 Å². The van der Waals surface area contributed by atoms with Crippen LogP contribution in [0, 0.1) is 18.6 Å². The van der Waals surface area contributed by atoms with Crippen LogP contribution in [0.15, 0.2) is 65.8 Å². The number of fused-ring (bicyclic) bond motifs is 1. The summed E-state index contributed by atoms with van der Waals surface area (Å²) in [6.45, 7) is 1.74. The number of nitrogens with zero attached hydrogens (tertiary/aromatic N) is 5. The smallest absolute Gasteiger partial charge is 0.276 e. The van der Waals surface area contributed by atoms with E-state index >= 15 is 0 Å². The molecule has 5 rings (SSSR count). The van der Waals surface area contributed by atoms with Crippen molar-refractivity contribution in [1.29, 1.82) is 0 Å². The molecule has 2 N–H and O–H groups in total. The predicted molar refractivity (Wildman–Crippen MR) is 141 cm³/mol. The normalized spacial score (nSPS) is 11.9. The monoisotopic (exact) mass is 533 g/mol. The van der Waals surface area contributed by atoms with Gasteiger partial charge in [-0.25, -0.2) is 28.4 Å². The zero-order valence-electron chi connectivity index (χ0n) is 20.5. The van der Waals surface area contributed by atoms with Crippen LogP contribution in [-0.2, 0) is 10.8 Å². The number of pyridine rings is 1. The standard InChI is InChI=1S/C26H21F2N7O2S/c1-14-10-18(28)21(11-17(14)19-8-9-20-23(31-19)13-30-26(29-2)33-20)32-25(36)22-12-24(38(3)37)35(34-22)16-6-4-15(27)5-7-16/h4-13H,1-3H3,(H,32,36)(H,29,30,33). The van der Waals surface area contributed by atoms with Gasteiger partial charge in [-0.3, -0.25) is 9.00 Å². The lowest BCUT2D eigenvalue weighted by atomic mass is 10.0. The Morgan fingerprint density at radius 2 is 1.76 bits per heavy atom. The fourth-order valence-corrected chi connectivity index (χ4v) is 4.54. The lowest BCUT2D eigenvalue weighted by Crippen LogP contribution is -2.14. The highest BCUT2D eigenvalue weighted by molar-refractivity contribution is 7.84. The molecule has 0 radical (unpaired) electrons. The van der Waals surface area contributed by atoms with Gasteiger partial charge in [0.15, 0.2) is 5.69 Å². The zero-order valence-corrected chi connectivity index (χ0v) is 21.3. The molecule has 1 unspecified atom stereocenters. The minimum absolute atomic E-state index is 0.0743. The van der Waals surface area contributed by atoms with Crippen LogP contribution in [0.2, 0.25) is 0 Å². The SMILES string of the molecule is CNc1ncc2nc(-c3cc(NC(=O)c4cc(S(C)=O)n(-c5ccc(F)cc5)n4)c(F)cc3C)ccc2n1. The minimum Gasteiger partial charge on any atom is -0.357 e. The molecule has 1 atom stereocenters. The molecule has 0 spiro atoms. The van der Waals surface area contributed by atoms with Gasteiger partial charge in [-0.05, 0) is 61.0 Å². The average molecular weight is 534 g/mol. The number of halogens is 2. The molecule has 3 aromatic heterocycles. The van der Waals surface area contributed by atoms with Crippen molar-refractivity contribution >= 4 is 39.4 Å². The van der Waals surface area contributed by atoms with Gasteiger partial charge in [0.2, 0.25) is 5.95 Å². The van der Waals surface area contributed by atoms with Crippen molar-refractivity contribution in [3.8, 4) is 16.9 Å². The number of benzene rings is 2. The maximum absolute atomic E-state index is 14.9. The number of hydrogen-bond donors (Lipinski definition) is 2. The number of aryl methyl sites for hydroxylation is 1. The van der Waals surface area contributed by atoms with Gasteiger partial charge in [0.1, 0.15) is 22.2 Å². The van der Waals surface area contributed by atoms with Crippen LogP contribution in [0.3, 0.4) is 0 Å². The van der Waals surface area contributed by atoms with Crippen molar-refractivity contribution in [3.05, 3.63) is 83.7 Å². The first kappa shape index (κ1) is 25.1. The minimum atomic E-state index is -1.51. The number of rotatable bonds is 6. The fraction of sp³-hybridized carbons (Fsp3) is 0.115. The number of carbonyl (C=O) groups excluding carboxylic acids is 1. The third kappa shape index (κ3) is 4.85. The van der Waals surface area contributed by atoms with Crippen LogP contribution in [0.4, 0.5) is 20.4 Å². The van der Waals surface area contributed by atoms with Gasteiger partial charge in [-0.15, -0.1) is 0 Å². The summed E-state index contributed by atoms with van der Waals surface area (Å²) >= 11 is 0. The van der Waals surface area contributed by atoms with E-state index in [1.807, 2.05) is 0 Å². The molecule has 0 saturated heterocycles. The van der Waals surface area contributed by atoms with Gasteiger partial charge >= 0.3 is 0 Å². The van der Waals surface area contributed by atoms with Gasteiger partial charge < -0.3 is 10.6 Å². The van der Waals surface area contributed by atoms with Crippen LogP contribution in [-0.4, -0.2) is 48.2 Å². The first-order valence-electron chi connectivity index (χ1n) is 11.4. The van der Waals surface area contributed by atoms with Crippen LogP contribution in [0.1, 0.15) is 16.1 Å². The Balaban J connectivity index is 1.48. The summed E-state index contributed by atoms with van der Waals surface area (Å²) in [5.74, 6) is -1.32. The van der Waals surface area contributed by atoms with Gasteiger partial charge in [-0.2, -0.15) is 5.10 Å². The van der Waals surface area contributed by atoms with Crippen molar-refractivity contribution in [1.82, 2.24) is 24.7 Å². The molecule has 12 heteroatoms. The summed E-state index contributed by atoms with van der Waals surface area (Å²) in [4.78, 5) is 26.2. The molecule has 2 aromatic carbocycles. The number of amides is 1. The summed E-state index contributed by atoms with van der Waals surface area (Å²) in [6.07, 6.45) is 3.03. The highest BCUT2D eigenvalue weighted by Gasteiger charge is 2.20. The second-order valence-corrected chi connectivity index (χ2v) is 9.68. The van der Waals surface area contributed by atoms with E-state index in [1.54, 1.807) is 32.3 Å². The van der Waals surface area contributed by atoms with Crippen LogP contribution >= 0.6 is 0 Å². The molecule has 192 valence electrons. The zero-order chi connectivity index (χ0) is 27.0. The van der Waals surface area contributed by atoms with Gasteiger partial charge in [0.25, 0.3) is 5.91 Å². The highest BCUT2D eigenvalue weighted by Crippen LogP contribution is 2.29. The summed E-state index contributed by atoms with van der Waals surface area (Å²) in [5, 5.41) is 9.89. The van der Waals surface area contributed by atoms with Gasteiger partial charge in [0.05, 0.1) is 39.6 Å². The topological polar surface area (TPSA) is 115 Å². The molecule has 3 heterocycles. The third-order valence-corrected chi connectivity index (χ3v) is 6.65. The summed E-state index contributed by atoms with van der Waals surface area (Å²) in [6, 6.07) is 13.1. The Hall–Kier alpha value is -4.58. The largest absolute Gasteiger partial charge is 0.357 e. The van der Waals surface area contributed by atoms with E-state index in [1.165, 1.54) is 53.4 Å². The highest BCUT2D eigenvalue weighted by atomic mass is 32.2. The summed E-state index contributed by atoms with van der Waals surface area (Å²) < 4.78 is 41.8. The van der Waals surface area contributed by atoms with Crippen molar-refractivity contribution < 1.29 is 17.8 Å². The van der Waals surface area contributed by atoms with Crippen molar-refractivity contribution in [2.75, 3.05) is 23.9 Å². The van der Waals surface area contributed by atoms with Crippen molar-refractivity contribution in [2.24, 2.45) is 0 Å². The third-order valence-electron chi connectivity index (χ3n) is 5.77. The van der Waals surface area contributed by atoms with Gasteiger partial charge in [0, 0.05) is 24.9 Å². The molecule has 0 aliphatic heterocycles. The number of carbonyl (C=O) groups is 1. The van der Waals surface area contributed by atoms with E-state index in [0.717, 1.165) is 0 Å². The Labute approximate surface area is 218 Å². The first-order valence-corrected chi connectivity index (χ1v) is 12.9. The molecule has 5 aromatic rings. The Bertz CT molecular complexity index is 1720. The number of anilines is 2. The van der Waals surface area contributed by atoms with E-state index in [4.69, 9.17) is 0 Å². The molecule has 0 bridgehead atoms. The molecule has 0 saturated carbocycles. The second-order valence-electron chi connectivity index (χ2n) is 8.36. The summed E-state index contributed by atoms with van der Waals surface area (Å²) in [7, 11) is 0.210. The molecule has 1 amide bonds. The van der Waals surface area contributed by atoms with Crippen LogP contribution in [0.25, 0.3) is 28.0 Å². The Morgan fingerprint density at radius 1 is 1.00 bits per heavy atom. The molecular weight excluding hydrogens is 512 g/mol. The molecule has 38 heavy (non-hydrogen) atoms. The Kier molecular flexibility index (Phi) is 6.64. The lowest BCUT2D eigenvalue weighted by molar-refractivity contribution is 0.102. The fourth-order valence-electron chi connectivity index (χ4n) is 3.87. The summed E-state index contributed by atoms with van der Waals surface area (Å²) in [5.41, 5.74) is 3.24. The average Bonchev–Trinajstić information content (AvgIpc) is 3.36. The Morgan fingerprint density at radius 3 is 2.47 bits per heavy atom. The molecule has 0 fully saturated rings. The first-order chi connectivity index (χ1) is 18.2. The maximum atomic E-state index is 14.9. The van der Waals surface area contributed by atoms with Crippen molar-refractivity contribution in [2.45, 2.75) is 11.9 Å². The number of nitrogens with one attached hydrogen (secondary N) is 2. The number of hydrogen-bond acceptors (Lipinski definition) is 7. The molecular formula is C26H21F2N7O2S. The van der Waals surface area contributed by atoms with Gasteiger partial charge in [-0.1, -0.05) is 0 Å². The van der Waals surface area contributed by atoms with E-state index < -0.39 is 28.3 Å². The van der Waals surface area contributed by atoms with E-state index in [-0.39, 0.29) is 16.4 Å². The molecule has 9 nitrogen and oxygen atoms in total. The van der Waals surface area contributed by atoms with Crippen LogP contribution < -0.4 is 10.6 Å². The lowest BCUT2D eigenvalue weighted by Gasteiger charge is -2.11. The van der Waals surface area contributed by atoms with Crippen LogP contribution in [0.5, 0.6) is 0 Å². The van der Waals surface area contributed by atoms with E-state index in [0.29, 0.717) is 39.5 Å². The predicted octanol–water partition coefficient (Wildman–Crippen LogP) is 4.50. The molecule has 0 aliphatic carbocycles. The quantitative estimate of drug-likeness (QED) is 0.330. The molecule has 0 aliphatic rings.